The minimum absolute atomic E-state index is 0.796. The summed E-state index contributed by atoms with van der Waals surface area (Å²) < 4.78 is 0. The van der Waals surface area contributed by atoms with Crippen LogP contribution in [0.4, 0.5) is 11.4 Å². The molecule has 1 aliphatic rings. The molecule has 0 radical (unpaired) electrons. The molecule has 0 amide bonds. The fraction of sp³-hybridized carbons (Fsp3) is 0.438. The van der Waals surface area contributed by atoms with Crippen molar-refractivity contribution < 1.29 is 0 Å². The molecule has 0 spiro atoms. The fourth-order valence-corrected chi connectivity index (χ4v) is 3.13. The Bertz CT molecular complexity index is 579. The van der Waals surface area contributed by atoms with Crippen molar-refractivity contribution >= 4 is 22.1 Å². The Balaban J connectivity index is 1.83. The molecule has 1 aliphatic carbocycles. The Hall–Kier alpha value is -1.77. The van der Waals surface area contributed by atoms with Gasteiger partial charge in [-0.2, -0.15) is 0 Å². The number of pyridine rings is 1. The lowest BCUT2D eigenvalue weighted by atomic mass is 9.98. The molecule has 19 heavy (non-hydrogen) atoms. The van der Waals surface area contributed by atoms with Gasteiger partial charge in [-0.15, -0.1) is 0 Å². The average Bonchev–Trinajstić information content (AvgIpc) is 2.84. The summed E-state index contributed by atoms with van der Waals surface area (Å²) >= 11 is 0. The van der Waals surface area contributed by atoms with E-state index in [1.54, 1.807) is 6.20 Å². The minimum Gasteiger partial charge on any atom is -0.398 e. The van der Waals surface area contributed by atoms with Crippen LogP contribution in [0.1, 0.15) is 26.2 Å². The Morgan fingerprint density at radius 1 is 1.26 bits per heavy atom. The van der Waals surface area contributed by atoms with Gasteiger partial charge in [0.05, 0.1) is 0 Å². The maximum atomic E-state index is 6.01. The van der Waals surface area contributed by atoms with Crippen molar-refractivity contribution in [1.82, 2.24) is 4.98 Å². The molecule has 1 saturated carbocycles. The van der Waals surface area contributed by atoms with E-state index in [0.29, 0.717) is 0 Å². The molecular formula is C16H21N3. The zero-order valence-corrected chi connectivity index (χ0v) is 11.4. The number of fused-ring (bicyclic) bond motifs is 1. The highest BCUT2D eigenvalue weighted by Gasteiger charge is 2.22. The van der Waals surface area contributed by atoms with Gasteiger partial charge >= 0.3 is 0 Å². The molecule has 2 aromatic rings. The molecule has 3 heteroatoms. The predicted molar refractivity (Wildman–Crippen MR) is 81.2 cm³/mol. The van der Waals surface area contributed by atoms with Gasteiger partial charge in [-0.05, 0) is 36.5 Å². The molecule has 2 atom stereocenters. The molecule has 100 valence electrons. The highest BCUT2D eigenvalue weighted by atomic mass is 14.9. The minimum atomic E-state index is 0.796. The molecule has 0 aliphatic heterocycles. The standard InChI is InChI=1S/C16H21N3/c1-11-3-2-4-12(11)9-19-16-6-5-15(17)13-7-8-18-10-14(13)16/h5-8,10-12,19H,2-4,9,17H2,1H3. The van der Waals surface area contributed by atoms with Crippen LogP contribution in [0, 0.1) is 11.8 Å². The molecule has 3 nitrogen and oxygen atoms in total. The Kier molecular flexibility index (Phi) is 3.28. The topological polar surface area (TPSA) is 50.9 Å². The van der Waals surface area contributed by atoms with Gasteiger partial charge in [-0.3, -0.25) is 4.98 Å². The molecular weight excluding hydrogens is 234 g/mol. The van der Waals surface area contributed by atoms with Crippen LogP contribution >= 0.6 is 0 Å². The number of benzene rings is 1. The highest BCUT2D eigenvalue weighted by molar-refractivity contribution is 6.00. The van der Waals surface area contributed by atoms with Crippen LogP contribution in [-0.2, 0) is 0 Å². The molecule has 3 N–H and O–H groups in total. The summed E-state index contributed by atoms with van der Waals surface area (Å²) in [5, 5.41) is 5.79. The van der Waals surface area contributed by atoms with E-state index in [1.165, 1.54) is 19.3 Å². The third kappa shape index (κ3) is 2.37. The Morgan fingerprint density at radius 3 is 2.95 bits per heavy atom. The molecule has 3 rings (SSSR count). The number of hydrogen-bond donors (Lipinski definition) is 2. The quantitative estimate of drug-likeness (QED) is 0.823. The summed E-state index contributed by atoms with van der Waals surface area (Å²) in [7, 11) is 0. The van der Waals surface area contributed by atoms with Gasteiger partial charge in [0.2, 0.25) is 0 Å². The van der Waals surface area contributed by atoms with E-state index >= 15 is 0 Å². The number of rotatable bonds is 3. The van der Waals surface area contributed by atoms with Crippen molar-refractivity contribution in [3.8, 4) is 0 Å². The van der Waals surface area contributed by atoms with Crippen LogP contribution in [0.15, 0.2) is 30.6 Å². The monoisotopic (exact) mass is 255 g/mol. The first kappa shape index (κ1) is 12.3. The van der Waals surface area contributed by atoms with Crippen LogP contribution in [0.5, 0.6) is 0 Å². The lowest BCUT2D eigenvalue weighted by Gasteiger charge is -2.18. The molecule has 0 bridgehead atoms. The average molecular weight is 255 g/mol. The van der Waals surface area contributed by atoms with Crippen LogP contribution in [0.3, 0.4) is 0 Å². The van der Waals surface area contributed by atoms with E-state index in [-0.39, 0.29) is 0 Å². The molecule has 1 fully saturated rings. The first-order valence-corrected chi connectivity index (χ1v) is 7.12. The van der Waals surface area contributed by atoms with Crippen molar-refractivity contribution in [2.75, 3.05) is 17.6 Å². The summed E-state index contributed by atoms with van der Waals surface area (Å²) in [4.78, 5) is 4.21. The largest absolute Gasteiger partial charge is 0.398 e. The summed E-state index contributed by atoms with van der Waals surface area (Å²) in [6.45, 7) is 3.41. The number of anilines is 2. The lowest BCUT2D eigenvalue weighted by molar-refractivity contribution is 0.440. The predicted octanol–water partition coefficient (Wildman–Crippen LogP) is 3.67. The number of nitrogens with zero attached hydrogens (tertiary/aromatic N) is 1. The first-order chi connectivity index (χ1) is 9.25. The van der Waals surface area contributed by atoms with Crippen LogP contribution in [-0.4, -0.2) is 11.5 Å². The second-order valence-corrected chi connectivity index (χ2v) is 5.67. The number of hydrogen-bond acceptors (Lipinski definition) is 3. The van der Waals surface area contributed by atoms with E-state index in [9.17, 15) is 0 Å². The summed E-state index contributed by atoms with van der Waals surface area (Å²) in [5.41, 5.74) is 7.98. The van der Waals surface area contributed by atoms with E-state index in [1.807, 2.05) is 18.3 Å². The van der Waals surface area contributed by atoms with E-state index in [2.05, 4.69) is 23.3 Å². The van der Waals surface area contributed by atoms with Crippen molar-refractivity contribution in [2.24, 2.45) is 11.8 Å². The normalized spacial score (nSPS) is 22.8. The molecule has 0 saturated heterocycles. The Labute approximate surface area is 114 Å². The van der Waals surface area contributed by atoms with Crippen LogP contribution in [0.2, 0.25) is 0 Å². The van der Waals surface area contributed by atoms with Crippen molar-refractivity contribution in [3.63, 3.8) is 0 Å². The van der Waals surface area contributed by atoms with Gasteiger partial charge < -0.3 is 11.1 Å². The SMILES string of the molecule is CC1CCCC1CNc1ccc(N)c2ccncc12. The lowest BCUT2D eigenvalue weighted by Crippen LogP contribution is -2.16. The summed E-state index contributed by atoms with van der Waals surface area (Å²) in [6, 6.07) is 6.02. The number of nitrogens with two attached hydrogens (primary N) is 1. The van der Waals surface area contributed by atoms with Gasteiger partial charge in [0.15, 0.2) is 0 Å². The van der Waals surface area contributed by atoms with Gasteiger partial charge in [0.1, 0.15) is 0 Å². The van der Waals surface area contributed by atoms with Gasteiger partial charge in [0, 0.05) is 41.1 Å². The smallest absolute Gasteiger partial charge is 0.0437 e. The summed E-state index contributed by atoms with van der Waals surface area (Å²) in [6.07, 6.45) is 7.78. The third-order valence-electron chi connectivity index (χ3n) is 4.45. The van der Waals surface area contributed by atoms with Crippen LogP contribution < -0.4 is 11.1 Å². The number of aromatic nitrogens is 1. The maximum absolute atomic E-state index is 6.01. The van der Waals surface area contributed by atoms with Gasteiger partial charge in [-0.25, -0.2) is 0 Å². The summed E-state index contributed by atoms with van der Waals surface area (Å²) in [5.74, 6) is 1.63. The zero-order valence-electron chi connectivity index (χ0n) is 11.4. The van der Waals surface area contributed by atoms with Crippen molar-refractivity contribution in [1.29, 1.82) is 0 Å². The van der Waals surface area contributed by atoms with E-state index in [4.69, 9.17) is 5.73 Å². The highest BCUT2D eigenvalue weighted by Crippen LogP contribution is 2.32. The third-order valence-corrected chi connectivity index (χ3v) is 4.45. The van der Waals surface area contributed by atoms with Crippen molar-refractivity contribution in [3.05, 3.63) is 30.6 Å². The first-order valence-electron chi connectivity index (χ1n) is 7.12. The van der Waals surface area contributed by atoms with Crippen LogP contribution in [0.25, 0.3) is 10.8 Å². The van der Waals surface area contributed by atoms with Crippen molar-refractivity contribution in [2.45, 2.75) is 26.2 Å². The maximum Gasteiger partial charge on any atom is 0.0437 e. The number of nitrogen functional groups attached to an aromatic ring is 1. The van der Waals surface area contributed by atoms with Gasteiger partial charge in [-0.1, -0.05) is 19.8 Å². The molecule has 2 unspecified atom stereocenters. The Morgan fingerprint density at radius 2 is 2.16 bits per heavy atom. The second kappa shape index (κ2) is 5.08. The zero-order chi connectivity index (χ0) is 13.2. The second-order valence-electron chi connectivity index (χ2n) is 5.67. The molecule has 1 heterocycles. The van der Waals surface area contributed by atoms with E-state index < -0.39 is 0 Å². The molecule has 1 aromatic heterocycles. The number of nitrogens with one attached hydrogen (secondary N) is 1. The van der Waals surface area contributed by atoms with Gasteiger partial charge in [0.25, 0.3) is 0 Å². The fourth-order valence-electron chi connectivity index (χ4n) is 3.13. The van der Waals surface area contributed by atoms with E-state index in [0.717, 1.165) is 40.5 Å². The molecule has 1 aromatic carbocycles.